The number of hydrazone groups is 1. The first-order chi connectivity index (χ1) is 18.1. The zero-order chi connectivity index (χ0) is 27.4. The molecule has 1 aromatic heterocycles. The van der Waals surface area contributed by atoms with E-state index in [-0.39, 0.29) is 4.90 Å². The Morgan fingerprint density at radius 3 is 2.26 bits per heavy atom. The molecular formula is C27H23Cl2IN4O3S. The Hall–Kier alpha value is -2.86. The number of aromatic nitrogens is 1. The molecule has 0 spiro atoms. The summed E-state index contributed by atoms with van der Waals surface area (Å²) in [5.74, 6) is -0.588. The van der Waals surface area contributed by atoms with Crippen molar-refractivity contribution in [3.63, 3.8) is 0 Å². The number of halogens is 3. The van der Waals surface area contributed by atoms with Crippen molar-refractivity contribution in [2.24, 2.45) is 5.10 Å². The van der Waals surface area contributed by atoms with Crippen molar-refractivity contribution in [3.05, 3.63) is 109 Å². The smallest absolute Gasteiger partial charge is 0.264 e. The van der Waals surface area contributed by atoms with E-state index in [4.69, 9.17) is 23.2 Å². The summed E-state index contributed by atoms with van der Waals surface area (Å²) in [5.41, 5.74) is 6.19. The highest BCUT2D eigenvalue weighted by molar-refractivity contribution is 14.1. The summed E-state index contributed by atoms with van der Waals surface area (Å²) in [6.45, 7) is 3.40. The first-order valence-corrected chi connectivity index (χ1v) is 14.6. The lowest BCUT2D eigenvalue weighted by molar-refractivity contribution is -0.119. The number of rotatable bonds is 8. The number of nitrogens with one attached hydrogen (secondary N) is 1. The van der Waals surface area contributed by atoms with Crippen LogP contribution in [-0.2, 0) is 14.8 Å². The number of nitrogens with zero attached hydrogens (tertiary/aromatic N) is 3. The Morgan fingerprint density at radius 2 is 1.63 bits per heavy atom. The average molecular weight is 681 g/mol. The van der Waals surface area contributed by atoms with E-state index in [0.717, 1.165) is 30.5 Å². The lowest BCUT2D eigenvalue weighted by Crippen LogP contribution is -2.39. The Bertz CT molecular complexity index is 1590. The van der Waals surface area contributed by atoms with Crippen LogP contribution in [0.5, 0.6) is 0 Å². The van der Waals surface area contributed by atoms with Gasteiger partial charge in [0.2, 0.25) is 0 Å². The average Bonchev–Trinajstić information content (AvgIpc) is 3.15. The minimum absolute atomic E-state index is 0.0865. The van der Waals surface area contributed by atoms with E-state index in [9.17, 15) is 13.2 Å². The molecule has 0 radical (unpaired) electrons. The molecule has 0 aliphatic rings. The third-order valence-electron chi connectivity index (χ3n) is 5.70. The van der Waals surface area contributed by atoms with Crippen molar-refractivity contribution in [2.45, 2.75) is 18.7 Å². The summed E-state index contributed by atoms with van der Waals surface area (Å²) in [6, 6.07) is 22.1. The van der Waals surface area contributed by atoms with Gasteiger partial charge in [0, 0.05) is 36.3 Å². The van der Waals surface area contributed by atoms with E-state index < -0.39 is 22.5 Å². The third kappa shape index (κ3) is 6.40. The first-order valence-electron chi connectivity index (χ1n) is 11.4. The van der Waals surface area contributed by atoms with Crippen molar-refractivity contribution in [3.8, 4) is 5.69 Å². The van der Waals surface area contributed by atoms with E-state index in [2.05, 4.69) is 33.1 Å². The van der Waals surface area contributed by atoms with Crippen molar-refractivity contribution in [1.29, 1.82) is 0 Å². The maximum absolute atomic E-state index is 13.4. The van der Waals surface area contributed by atoms with Gasteiger partial charge in [0.05, 0.1) is 16.8 Å². The van der Waals surface area contributed by atoms with Crippen molar-refractivity contribution in [1.82, 2.24) is 9.99 Å². The molecule has 0 saturated heterocycles. The number of hydrogen-bond acceptors (Lipinski definition) is 4. The predicted molar refractivity (Wildman–Crippen MR) is 161 cm³/mol. The van der Waals surface area contributed by atoms with Crippen LogP contribution in [0.25, 0.3) is 5.69 Å². The molecular weight excluding hydrogens is 658 g/mol. The fourth-order valence-electron chi connectivity index (χ4n) is 3.97. The molecule has 4 rings (SSSR count). The Kier molecular flexibility index (Phi) is 8.81. The standard InChI is InChI=1S/C27H23Cl2IN4O3S/c1-18-12-20(19(2)34(18)25-14-21(28)13-22(29)15-25)16-31-32-27(35)17-33(24-10-8-23(30)9-11-24)38(36,37)26-6-4-3-5-7-26/h3-16H,17H2,1-2H3,(H,32,35)/b31-16-. The zero-order valence-electron chi connectivity index (χ0n) is 20.4. The summed E-state index contributed by atoms with van der Waals surface area (Å²) in [7, 11) is -3.99. The Balaban J connectivity index is 1.55. The minimum atomic E-state index is -3.99. The molecule has 1 amide bonds. The molecule has 1 N–H and O–H groups in total. The Morgan fingerprint density at radius 1 is 1.00 bits per heavy atom. The maximum Gasteiger partial charge on any atom is 0.264 e. The molecule has 11 heteroatoms. The van der Waals surface area contributed by atoms with Crippen LogP contribution in [0.15, 0.2) is 88.9 Å². The number of carbonyl (C=O) groups excluding carboxylic acids is 1. The van der Waals surface area contributed by atoms with E-state index in [1.54, 1.807) is 48.5 Å². The summed E-state index contributed by atoms with van der Waals surface area (Å²) in [4.78, 5) is 12.9. The van der Waals surface area contributed by atoms with Gasteiger partial charge in [-0.2, -0.15) is 5.10 Å². The summed E-state index contributed by atoms with van der Waals surface area (Å²) >= 11 is 14.5. The summed E-state index contributed by atoms with van der Waals surface area (Å²) in [5, 5.41) is 5.13. The molecule has 196 valence electrons. The lowest BCUT2D eigenvalue weighted by atomic mass is 10.2. The molecule has 0 unspecified atom stereocenters. The summed E-state index contributed by atoms with van der Waals surface area (Å²) in [6.07, 6.45) is 1.52. The van der Waals surface area contributed by atoms with Gasteiger partial charge in [0.15, 0.2) is 0 Å². The highest BCUT2D eigenvalue weighted by Crippen LogP contribution is 2.26. The van der Waals surface area contributed by atoms with Crippen molar-refractivity contribution < 1.29 is 13.2 Å². The summed E-state index contributed by atoms with van der Waals surface area (Å²) < 4.78 is 30.8. The molecule has 0 fully saturated rings. The van der Waals surface area contributed by atoms with Gasteiger partial charge in [-0.1, -0.05) is 41.4 Å². The van der Waals surface area contributed by atoms with Gasteiger partial charge < -0.3 is 4.57 Å². The number of sulfonamides is 1. The van der Waals surface area contributed by atoms with Gasteiger partial charge in [0.25, 0.3) is 15.9 Å². The number of benzene rings is 3. The molecule has 1 heterocycles. The van der Waals surface area contributed by atoms with E-state index in [1.165, 1.54) is 18.3 Å². The van der Waals surface area contributed by atoms with Crippen molar-refractivity contribution >= 4 is 73.6 Å². The molecule has 3 aromatic carbocycles. The zero-order valence-corrected chi connectivity index (χ0v) is 24.9. The van der Waals surface area contributed by atoms with Gasteiger partial charge in [-0.3, -0.25) is 9.10 Å². The van der Waals surface area contributed by atoms with Gasteiger partial charge in [-0.15, -0.1) is 0 Å². The monoisotopic (exact) mass is 680 g/mol. The number of anilines is 1. The number of amides is 1. The fraction of sp³-hybridized carbons (Fsp3) is 0.111. The largest absolute Gasteiger partial charge is 0.318 e. The normalized spacial score (nSPS) is 11.6. The molecule has 7 nitrogen and oxygen atoms in total. The second-order valence-electron chi connectivity index (χ2n) is 8.38. The molecule has 0 aliphatic heterocycles. The van der Waals surface area contributed by atoms with E-state index >= 15 is 0 Å². The van der Waals surface area contributed by atoms with Crippen LogP contribution in [0.1, 0.15) is 17.0 Å². The molecule has 4 aromatic rings. The van der Waals surface area contributed by atoms with Gasteiger partial charge in [0.1, 0.15) is 6.54 Å². The molecule has 38 heavy (non-hydrogen) atoms. The number of aryl methyl sites for hydroxylation is 1. The SMILES string of the molecule is Cc1cc(/C=N\NC(=O)CN(c2ccc(I)cc2)S(=O)(=O)c2ccccc2)c(C)n1-c1cc(Cl)cc(Cl)c1. The Labute approximate surface area is 245 Å². The van der Waals surface area contributed by atoms with Crippen LogP contribution in [0.3, 0.4) is 0 Å². The predicted octanol–water partition coefficient (Wildman–Crippen LogP) is 6.35. The van der Waals surface area contributed by atoms with Crippen LogP contribution in [-0.4, -0.2) is 31.7 Å². The third-order valence-corrected chi connectivity index (χ3v) is 8.65. The minimum Gasteiger partial charge on any atom is -0.318 e. The van der Waals surface area contributed by atoms with E-state index in [1.807, 2.05) is 36.6 Å². The van der Waals surface area contributed by atoms with Crippen LogP contribution >= 0.6 is 45.8 Å². The van der Waals surface area contributed by atoms with Crippen LogP contribution in [0.4, 0.5) is 5.69 Å². The molecule has 0 atom stereocenters. The second kappa shape index (κ2) is 11.9. The number of carbonyl (C=O) groups is 1. The highest BCUT2D eigenvalue weighted by Gasteiger charge is 2.27. The van der Waals surface area contributed by atoms with Crippen LogP contribution in [0, 0.1) is 17.4 Å². The highest BCUT2D eigenvalue weighted by atomic mass is 127. The van der Waals surface area contributed by atoms with Gasteiger partial charge >= 0.3 is 0 Å². The molecule has 0 aliphatic carbocycles. The fourth-order valence-corrected chi connectivity index (χ4v) is 6.28. The quantitative estimate of drug-likeness (QED) is 0.134. The maximum atomic E-state index is 13.4. The topological polar surface area (TPSA) is 83.8 Å². The van der Waals surface area contributed by atoms with Gasteiger partial charge in [-0.25, -0.2) is 13.8 Å². The van der Waals surface area contributed by atoms with E-state index in [0.29, 0.717) is 15.7 Å². The van der Waals surface area contributed by atoms with Crippen molar-refractivity contribution in [2.75, 3.05) is 10.8 Å². The van der Waals surface area contributed by atoms with Crippen LogP contribution in [0.2, 0.25) is 10.0 Å². The first kappa shape index (κ1) is 28.2. The molecule has 0 bridgehead atoms. The van der Waals surface area contributed by atoms with Gasteiger partial charge in [-0.05, 0) is 97.1 Å². The van der Waals surface area contributed by atoms with Crippen LogP contribution < -0.4 is 9.73 Å². The number of hydrogen-bond donors (Lipinski definition) is 1. The second-order valence-corrected chi connectivity index (χ2v) is 12.4. The molecule has 0 saturated carbocycles. The lowest BCUT2D eigenvalue weighted by Gasteiger charge is -2.23.